The van der Waals surface area contributed by atoms with Crippen molar-refractivity contribution in [1.82, 2.24) is 14.8 Å². The summed E-state index contributed by atoms with van der Waals surface area (Å²) in [4.78, 5) is 35.1. The highest BCUT2D eigenvalue weighted by molar-refractivity contribution is 7.14. The van der Waals surface area contributed by atoms with Gasteiger partial charge in [-0.1, -0.05) is 12.1 Å². The maximum Gasteiger partial charge on any atom is 0.267 e. The van der Waals surface area contributed by atoms with Gasteiger partial charge in [0.2, 0.25) is 0 Å². The van der Waals surface area contributed by atoms with Crippen molar-refractivity contribution in [3.8, 4) is 5.75 Å². The van der Waals surface area contributed by atoms with Crippen molar-refractivity contribution in [2.24, 2.45) is 0 Å². The van der Waals surface area contributed by atoms with E-state index in [0.29, 0.717) is 47.1 Å². The first-order chi connectivity index (χ1) is 16.3. The SMILES string of the molecule is COc1ccc(C(=O)N2CCN(C)CC2)cc1NC(=O)c1sc(Cc2ccc(F)cc2)nc1C. The normalized spacial score (nSPS) is 14.2. The third-order valence-corrected chi connectivity index (χ3v) is 6.96. The molecule has 4 rings (SSSR count). The molecule has 1 aliphatic heterocycles. The molecule has 1 aromatic heterocycles. The van der Waals surface area contributed by atoms with Crippen LogP contribution in [0.1, 0.15) is 36.3 Å². The number of piperazine rings is 1. The second-order valence-corrected chi connectivity index (χ2v) is 9.37. The molecule has 0 unspecified atom stereocenters. The molecule has 7 nitrogen and oxygen atoms in total. The molecule has 34 heavy (non-hydrogen) atoms. The molecule has 0 spiro atoms. The molecule has 9 heteroatoms. The predicted molar refractivity (Wildman–Crippen MR) is 130 cm³/mol. The van der Waals surface area contributed by atoms with E-state index in [1.807, 2.05) is 11.9 Å². The van der Waals surface area contributed by atoms with Crippen LogP contribution >= 0.6 is 11.3 Å². The highest BCUT2D eigenvalue weighted by Crippen LogP contribution is 2.29. The Hall–Kier alpha value is -3.30. The largest absolute Gasteiger partial charge is 0.495 e. The summed E-state index contributed by atoms with van der Waals surface area (Å²) in [6, 6.07) is 11.3. The molecule has 2 amide bonds. The molecular formula is C25H27FN4O3S. The Balaban J connectivity index is 1.51. The van der Waals surface area contributed by atoms with Crippen LogP contribution in [0.3, 0.4) is 0 Å². The van der Waals surface area contributed by atoms with Gasteiger partial charge in [0.05, 0.1) is 23.5 Å². The van der Waals surface area contributed by atoms with E-state index in [1.165, 1.54) is 30.6 Å². The number of aromatic nitrogens is 1. The first kappa shape index (κ1) is 23.8. The van der Waals surface area contributed by atoms with Crippen LogP contribution in [0.25, 0.3) is 0 Å². The molecule has 1 N–H and O–H groups in total. The van der Waals surface area contributed by atoms with Gasteiger partial charge in [-0.3, -0.25) is 9.59 Å². The second-order valence-electron chi connectivity index (χ2n) is 8.29. The molecule has 3 aromatic rings. The van der Waals surface area contributed by atoms with Crippen LogP contribution in [0.15, 0.2) is 42.5 Å². The van der Waals surface area contributed by atoms with Crippen molar-refractivity contribution in [1.29, 1.82) is 0 Å². The van der Waals surface area contributed by atoms with Crippen LogP contribution in [-0.2, 0) is 6.42 Å². The number of nitrogens with one attached hydrogen (secondary N) is 1. The predicted octanol–water partition coefficient (Wildman–Crippen LogP) is 3.83. The summed E-state index contributed by atoms with van der Waals surface area (Å²) < 4.78 is 18.6. The van der Waals surface area contributed by atoms with Crippen LogP contribution in [0, 0.1) is 12.7 Å². The molecule has 2 aromatic carbocycles. The molecule has 2 heterocycles. The Bertz CT molecular complexity index is 1190. The smallest absolute Gasteiger partial charge is 0.267 e. The lowest BCUT2D eigenvalue weighted by Crippen LogP contribution is -2.47. The molecule has 1 fully saturated rings. The lowest BCUT2D eigenvalue weighted by Gasteiger charge is -2.32. The number of carbonyl (C=O) groups is 2. The zero-order chi connectivity index (χ0) is 24.2. The Morgan fingerprint density at radius 2 is 1.82 bits per heavy atom. The van der Waals surface area contributed by atoms with Gasteiger partial charge in [-0.25, -0.2) is 9.37 Å². The number of hydrogen-bond acceptors (Lipinski definition) is 6. The van der Waals surface area contributed by atoms with Gasteiger partial charge in [0.25, 0.3) is 11.8 Å². The number of aryl methyl sites for hydroxylation is 1. The van der Waals surface area contributed by atoms with E-state index in [1.54, 1.807) is 37.3 Å². The van der Waals surface area contributed by atoms with Gasteiger partial charge in [-0.05, 0) is 49.9 Å². The maximum absolute atomic E-state index is 13.2. The van der Waals surface area contributed by atoms with E-state index < -0.39 is 0 Å². The number of anilines is 1. The minimum atomic E-state index is -0.317. The minimum absolute atomic E-state index is 0.0678. The number of carbonyl (C=O) groups excluding carboxylic acids is 2. The van der Waals surface area contributed by atoms with Crippen molar-refractivity contribution in [2.45, 2.75) is 13.3 Å². The zero-order valence-corrected chi connectivity index (χ0v) is 20.2. The first-order valence-electron chi connectivity index (χ1n) is 11.0. The summed E-state index contributed by atoms with van der Waals surface area (Å²) in [7, 11) is 3.56. The standard InChI is InChI=1S/C25H27FN4O3S/c1-16-23(34-22(27-16)14-17-4-7-19(26)8-5-17)24(31)28-20-15-18(6-9-21(20)33-3)25(32)30-12-10-29(2)11-13-30/h4-9,15H,10-14H2,1-3H3,(H,28,31). The average molecular weight is 483 g/mol. The highest BCUT2D eigenvalue weighted by Gasteiger charge is 2.23. The quantitative estimate of drug-likeness (QED) is 0.578. The summed E-state index contributed by atoms with van der Waals surface area (Å²) in [5, 5.41) is 3.65. The van der Waals surface area contributed by atoms with Crippen molar-refractivity contribution in [2.75, 3.05) is 45.7 Å². The summed E-state index contributed by atoms with van der Waals surface area (Å²) >= 11 is 1.30. The van der Waals surface area contributed by atoms with Gasteiger partial charge < -0.3 is 19.9 Å². The Morgan fingerprint density at radius 3 is 2.50 bits per heavy atom. The number of nitrogens with zero attached hydrogens (tertiary/aromatic N) is 3. The number of halogens is 1. The van der Waals surface area contributed by atoms with Gasteiger partial charge >= 0.3 is 0 Å². The van der Waals surface area contributed by atoms with Crippen molar-refractivity contribution in [3.05, 3.63) is 75.0 Å². The molecular weight excluding hydrogens is 455 g/mol. The summed E-state index contributed by atoms with van der Waals surface area (Å²) in [5.74, 6) is -0.206. The van der Waals surface area contributed by atoms with E-state index in [-0.39, 0.29) is 17.6 Å². The number of thiazole rings is 1. The molecule has 0 atom stereocenters. The first-order valence-corrected chi connectivity index (χ1v) is 11.8. The summed E-state index contributed by atoms with van der Waals surface area (Å²) in [6.07, 6.45) is 0.511. The molecule has 178 valence electrons. The maximum atomic E-state index is 13.2. The summed E-state index contributed by atoms with van der Waals surface area (Å²) in [6.45, 7) is 4.77. The topological polar surface area (TPSA) is 74.8 Å². The Kier molecular flexibility index (Phi) is 7.23. The average Bonchev–Trinajstić information content (AvgIpc) is 3.20. The van der Waals surface area contributed by atoms with Gasteiger partial charge in [0.15, 0.2) is 0 Å². The van der Waals surface area contributed by atoms with Crippen LogP contribution in [0.2, 0.25) is 0 Å². The van der Waals surface area contributed by atoms with E-state index in [4.69, 9.17) is 4.74 Å². The third kappa shape index (κ3) is 5.43. The number of hydrogen-bond donors (Lipinski definition) is 1. The van der Waals surface area contributed by atoms with Crippen LogP contribution in [-0.4, -0.2) is 66.9 Å². The van der Waals surface area contributed by atoms with Crippen LogP contribution in [0.5, 0.6) is 5.75 Å². The van der Waals surface area contributed by atoms with E-state index in [0.717, 1.165) is 23.7 Å². The zero-order valence-electron chi connectivity index (χ0n) is 19.4. The number of methoxy groups -OCH3 is 1. The second kappa shape index (κ2) is 10.3. The molecule has 1 aliphatic rings. The monoisotopic (exact) mass is 482 g/mol. The number of rotatable bonds is 6. The van der Waals surface area contributed by atoms with Crippen LogP contribution < -0.4 is 10.1 Å². The van der Waals surface area contributed by atoms with Gasteiger partial charge in [0, 0.05) is 38.2 Å². The Labute approximate surface area is 202 Å². The molecule has 1 saturated heterocycles. The number of amides is 2. The lowest BCUT2D eigenvalue weighted by molar-refractivity contribution is 0.0664. The van der Waals surface area contributed by atoms with Crippen LogP contribution in [0.4, 0.5) is 10.1 Å². The molecule has 0 bridgehead atoms. The van der Waals surface area contributed by atoms with Gasteiger partial charge in [-0.2, -0.15) is 0 Å². The fourth-order valence-electron chi connectivity index (χ4n) is 3.83. The number of benzene rings is 2. The van der Waals surface area contributed by atoms with E-state index in [2.05, 4.69) is 15.2 Å². The van der Waals surface area contributed by atoms with Crippen molar-refractivity contribution < 1.29 is 18.7 Å². The van der Waals surface area contributed by atoms with Gasteiger partial charge in [-0.15, -0.1) is 11.3 Å². The lowest BCUT2D eigenvalue weighted by atomic mass is 10.1. The number of likely N-dealkylation sites (N-methyl/N-ethyl adjacent to an activating group) is 1. The van der Waals surface area contributed by atoms with E-state index in [9.17, 15) is 14.0 Å². The minimum Gasteiger partial charge on any atom is -0.495 e. The fraction of sp³-hybridized carbons (Fsp3) is 0.320. The molecule has 0 aliphatic carbocycles. The Morgan fingerprint density at radius 1 is 1.12 bits per heavy atom. The van der Waals surface area contributed by atoms with E-state index >= 15 is 0 Å². The number of ether oxygens (including phenoxy) is 1. The fourth-order valence-corrected chi connectivity index (χ4v) is 4.82. The highest BCUT2D eigenvalue weighted by atomic mass is 32.1. The molecule has 0 radical (unpaired) electrons. The van der Waals surface area contributed by atoms with Crippen molar-refractivity contribution >= 4 is 28.8 Å². The van der Waals surface area contributed by atoms with Gasteiger partial charge in [0.1, 0.15) is 16.4 Å². The molecule has 0 saturated carbocycles. The summed E-state index contributed by atoms with van der Waals surface area (Å²) in [5.41, 5.74) is 2.46. The van der Waals surface area contributed by atoms with Crippen molar-refractivity contribution in [3.63, 3.8) is 0 Å². The third-order valence-electron chi connectivity index (χ3n) is 5.80.